The molecule has 4 rings (SSSR count). The third-order valence-electron chi connectivity index (χ3n) is 5.38. The highest BCUT2D eigenvalue weighted by Crippen LogP contribution is 2.27. The number of fused-ring (bicyclic) bond motifs is 1. The van der Waals surface area contributed by atoms with Crippen molar-refractivity contribution in [2.45, 2.75) is 19.2 Å². The van der Waals surface area contributed by atoms with Gasteiger partial charge < -0.3 is 15.4 Å². The molecule has 10 heteroatoms. The number of hydrogen-bond acceptors (Lipinski definition) is 5. The molecule has 1 heterocycles. The molecule has 0 bridgehead atoms. The molecular weight excluding hydrogens is 473 g/mol. The number of amides is 1. The van der Waals surface area contributed by atoms with E-state index in [2.05, 4.69) is 25.6 Å². The molecule has 0 atom stereocenters. The van der Waals surface area contributed by atoms with Crippen LogP contribution < -0.4 is 20.9 Å². The summed E-state index contributed by atoms with van der Waals surface area (Å²) in [7, 11) is 0. The van der Waals surface area contributed by atoms with Crippen molar-refractivity contribution < 1.29 is 22.7 Å². The lowest BCUT2D eigenvalue weighted by molar-refractivity contribution is -0.274. The highest BCUT2D eigenvalue weighted by molar-refractivity contribution is 5.90. The van der Waals surface area contributed by atoms with E-state index >= 15 is 0 Å². The Bertz CT molecular complexity index is 1400. The molecule has 0 radical (unpaired) electrons. The largest absolute Gasteiger partial charge is 0.573 e. The molecule has 0 spiro atoms. The first kappa shape index (κ1) is 24.8. The Morgan fingerprint density at radius 1 is 0.917 bits per heavy atom. The molecular formula is C26H23F3N4O3. The van der Waals surface area contributed by atoms with Crippen LogP contribution in [0.1, 0.15) is 12.0 Å². The maximum Gasteiger partial charge on any atom is 0.573 e. The Balaban J connectivity index is 1.25. The fourth-order valence-electron chi connectivity index (χ4n) is 3.73. The van der Waals surface area contributed by atoms with E-state index in [1.54, 1.807) is 18.2 Å². The molecule has 0 fully saturated rings. The minimum absolute atomic E-state index is 0.145. The number of ether oxygens (including phenoxy) is 1. The third kappa shape index (κ3) is 6.62. The highest BCUT2D eigenvalue weighted by atomic mass is 19.4. The number of alkyl halides is 3. The predicted molar refractivity (Wildman–Crippen MR) is 131 cm³/mol. The van der Waals surface area contributed by atoms with E-state index in [0.717, 1.165) is 16.5 Å². The van der Waals surface area contributed by atoms with Crippen LogP contribution in [0.2, 0.25) is 0 Å². The van der Waals surface area contributed by atoms with Crippen LogP contribution in [0.3, 0.4) is 0 Å². The summed E-state index contributed by atoms with van der Waals surface area (Å²) in [6.07, 6.45) is -3.92. The van der Waals surface area contributed by atoms with E-state index in [4.69, 9.17) is 0 Å². The van der Waals surface area contributed by atoms with Crippen LogP contribution in [-0.4, -0.2) is 35.6 Å². The number of benzene rings is 3. The molecule has 0 saturated carbocycles. The van der Waals surface area contributed by atoms with Gasteiger partial charge in [0.1, 0.15) is 5.75 Å². The summed E-state index contributed by atoms with van der Waals surface area (Å²) in [6, 6.07) is 20.0. The number of carbonyl (C=O) groups excluding carboxylic acids is 1. The Morgan fingerprint density at radius 3 is 2.42 bits per heavy atom. The van der Waals surface area contributed by atoms with Crippen LogP contribution in [0.4, 0.5) is 19.0 Å². The van der Waals surface area contributed by atoms with Crippen LogP contribution in [0.15, 0.2) is 77.6 Å². The molecule has 0 aliphatic carbocycles. The first-order valence-electron chi connectivity index (χ1n) is 11.2. The van der Waals surface area contributed by atoms with E-state index in [9.17, 15) is 22.8 Å². The van der Waals surface area contributed by atoms with Crippen molar-refractivity contribution in [3.05, 3.63) is 88.7 Å². The van der Waals surface area contributed by atoms with E-state index in [1.807, 2.05) is 30.3 Å². The minimum Gasteiger partial charge on any atom is -0.406 e. The predicted octanol–water partition coefficient (Wildman–Crippen LogP) is 4.65. The zero-order valence-corrected chi connectivity index (χ0v) is 19.1. The number of anilines is 1. The second kappa shape index (κ2) is 10.9. The van der Waals surface area contributed by atoms with Crippen LogP contribution in [0.5, 0.6) is 5.75 Å². The molecule has 3 N–H and O–H groups in total. The van der Waals surface area contributed by atoms with Gasteiger partial charge in [0, 0.05) is 18.5 Å². The average Bonchev–Trinajstić information content (AvgIpc) is 2.85. The number of nitrogens with one attached hydrogen (secondary N) is 3. The number of rotatable bonds is 9. The molecule has 0 aliphatic rings. The van der Waals surface area contributed by atoms with Crippen LogP contribution in [0, 0.1) is 0 Å². The first-order chi connectivity index (χ1) is 17.3. The Hall–Kier alpha value is -4.34. The quantitative estimate of drug-likeness (QED) is 0.293. The number of aromatic amines is 1. The zero-order chi connectivity index (χ0) is 25.5. The van der Waals surface area contributed by atoms with Gasteiger partial charge >= 0.3 is 6.36 Å². The molecule has 0 saturated heterocycles. The molecule has 36 heavy (non-hydrogen) atoms. The topological polar surface area (TPSA) is 96.1 Å². The second-order valence-corrected chi connectivity index (χ2v) is 8.03. The molecule has 1 amide bonds. The van der Waals surface area contributed by atoms with Gasteiger partial charge in [0.15, 0.2) is 5.82 Å². The fraction of sp³-hybridized carbons (Fsp3) is 0.192. The van der Waals surface area contributed by atoms with Gasteiger partial charge in [-0.2, -0.15) is 5.10 Å². The highest BCUT2D eigenvalue weighted by Gasteiger charge is 2.30. The van der Waals surface area contributed by atoms with Gasteiger partial charge in [0.05, 0.1) is 11.8 Å². The fourth-order valence-corrected chi connectivity index (χ4v) is 3.73. The van der Waals surface area contributed by atoms with Crippen molar-refractivity contribution in [2.24, 2.45) is 0 Å². The summed E-state index contributed by atoms with van der Waals surface area (Å²) in [5.74, 6) is 0.140. The maximum atomic E-state index is 12.4. The normalized spacial score (nSPS) is 11.3. The van der Waals surface area contributed by atoms with Crippen molar-refractivity contribution in [2.75, 3.05) is 18.4 Å². The lowest BCUT2D eigenvalue weighted by Crippen LogP contribution is -2.27. The van der Waals surface area contributed by atoms with E-state index < -0.39 is 6.36 Å². The van der Waals surface area contributed by atoms with Gasteiger partial charge in [0.25, 0.3) is 5.56 Å². The summed E-state index contributed by atoms with van der Waals surface area (Å²) < 4.78 is 40.9. The molecule has 0 aliphatic heterocycles. The Kier molecular flexibility index (Phi) is 7.53. The lowest BCUT2D eigenvalue weighted by atomic mass is 10.0. The SMILES string of the molecule is O=C(Cc1cccc(-c2ccc(OC(F)(F)F)cc2)c1)NCCCNc1n[nH]c(=O)c2ccccc12. The molecule has 186 valence electrons. The summed E-state index contributed by atoms with van der Waals surface area (Å²) in [6.45, 7) is 1.00. The van der Waals surface area contributed by atoms with E-state index in [1.165, 1.54) is 24.3 Å². The standard InChI is InChI=1S/C26H23F3N4O3/c27-26(28,29)36-20-11-9-18(10-12-20)19-6-3-5-17(15-19)16-23(34)30-13-4-14-31-24-21-7-1-2-8-22(21)25(35)33-32-24/h1-3,5-12,15H,4,13-14,16H2,(H,30,34)(H,31,32)(H,33,35). The molecule has 0 unspecified atom stereocenters. The van der Waals surface area contributed by atoms with Crippen molar-refractivity contribution >= 4 is 22.5 Å². The number of aromatic nitrogens is 2. The molecule has 7 nitrogen and oxygen atoms in total. The summed E-state index contributed by atoms with van der Waals surface area (Å²) >= 11 is 0. The van der Waals surface area contributed by atoms with Crippen molar-refractivity contribution in [1.29, 1.82) is 0 Å². The van der Waals surface area contributed by atoms with E-state index in [-0.39, 0.29) is 23.6 Å². The summed E-state index contributed by atoms with van der Waals surface area (Å²) in [4.78, 5) is 24.2. The number of halogens is 3. The van der Waals surface area contributed by atoms with Crippen LogP contribution in [0.25, 0.3) is 21.9 Å². The van der Waals surface area contributed by atoms with Gasteiger partial charge in [-0.15, -0.1) is 13.2 Å². The van der Waals surface area contributed by atoms with Gasteiger partial charge in [-0.3, -0.25) is 9.59 Å². The molecule has 3 aromatic carbocycles. The summed E-state index contributed by atoms with van der Waals surface area (Å²) in [5.41, 5.74) is 2.02. The summed E-state index contributed by atoms with van der Waals surface area (Å²) in [5, 5.41) is 13.9. The van der Waals surface area contributed by atoms with Crippen molar-refractivity contribution in [3.63, 3.8) is 0 Å². The van der Waals surface area contributed by atoms with Crippen LogP contribution in [-0.2, 0) is 11.2 Å². The van der Waals surface area contributed by atoms with Crippen molar-refractivity contribution in [3.8, 4) is 16.9 Å². The number of carbonyl (C=O) groups is 1. The van der Waals surface area contributed by atoms with Crippen molar-refractivity contribution in [1.82, 2.24) is 15.5 Å². The first-order valence-corrected chi connectivity index (χ1v) is 11.2. The van der Waals surface area contributed by atoms with Gasteiger partial charge in [-0.05, 0) is 41.3 Å². The molecule has 4 aromatic rings. The maximum absolute atomic E-state index is 12.4. The smallest absolute Gasteiger partial charge is 0.406 e. The third-order valence-corrected chi connectivity index (χ3v) is 5.38. The minimum atomic E-state index is -4.74. The Labute approximate surface area is 204 Å². The Morgan fingerprint density at radius 2 is 1.67 bits per heavy atom. The second-order valence-electron chi connectivity index (χ2n) is 8.03. The number of nitrogens with zero attached hydrogens (tertiary/aromatic N) is 1. The molecule has 1 aromatic heterocycles. The monoisotopic (exact) mass is 496 g/mol. The van der Waals surface area contributed by atoms with Gasteiger partial charge in [-0.1, -0.05) is 54.6 Å². The van der Waals surface area contributed by atoms with Gasteiger partial charge in [0.2, 0.25) is 5.91 Å². The number of H-pyrrole nitrogens is 1. The van der Waals surface area contributed by atoms with E-state index in [0.29, 0.717) is 36.3 Å². The lowest BCUT2D eigenvalue weighted by Gasteiger charge is -2.10. The van der Waals surface area contributed by atoms with Gasteiger partial charge in [-0.25, -0.2) is 5.10 Å². The van der Waals surface area contributed by atoms with Crippen LogP contribution >= 0.6 is 0 Å². The average molecular weight is 496 g/mol. The zero-order valence-electron chi connectivity index (χ0n) is 19.1. The number of hydrogen-bond donors (Lipinski definition) is 3.